The number of nitrogens with one attached hydrogen (secondary N) is 1. The summed E-state index contributed by atoms with van der Waals surface area (Å²) in [6.07, 6.45) is 5.07. The fraction of sp³-hybridized carbons (Fsp3) is 0.333. The monoisotopic (exact) mass is 361 g/mol. The Bertz CT molecular complexity index is 1030. The molecular weight excluding hydrogens is 338 g/mol. The smallest absolute Gasteiger partial charge is 0.180 e. The lowest BCUT2D eigenvalue weighted by molar-refractivity contribution is 0.405. The number of nitrogens with zero attached hydrogens (tertiary/aromatic N) is 2. The van der Waals surface area contributed by atoms with Crippen LogP contribution in [0.5, 0.6) is 11.5 Å². The third kappa shape index (κ3) is 2.68. The molecule has 134 valence electrons. The number of aromatic amines is 1. The molecule has 1 aromatic carbocycles. The van der Waals surface area contributed by atoms with Gasteiger partial charge in [0.15, 0.2) is 5.16 Å². The second kappa shape index (κ2) is 5.56. The zero-order valence-electron chi connectivity index (χ0n) is 15.3. The molecule has 3 aromatic rings. The summed E-state index contributed by atoms with van der Waals surface area (Å²) >= 11 is 0. The Hall–Kier alpha value is -2.41. The Morgan fingerprint density at radius 1 is 1.12 bits per heavy atom. The number of pyridine rings is 1. The Labute approximate surface area is 147 Å². The van der Waals surface area contributed by atoms with Gasteiger partial charge in [0.25, 0.3) is 0 Å². The van der Waals surface area contributed by atoms with Gasteiger partial charge in [0, 0.05) is 35.9 Å². The molecule has 7 heteroatoms. The van der Waals surface area contributed by atoms with E-state index in [1.807, 2.05) is 32.0 Å². The van der Waals surface area contributed by atoms with Gasteiger partial charge < -0.3 is 14.5 Å². The van der Waals surface area contributed by atoms with Gasteiger partial charge in [0.2, 0.25) is 0 Å². The Morgan fingerprint density at radius 3 is 2.48 bits per heavy atom. The fourth-order valence-corrected chi connectivity index (χ4v) is 5.38. The standard InChI is InChI=1S/C18H23N3O3S/c1-11-10-19-17(12(2)16(11)24-4)25(5,6,22)18-20-14-8-7-13(23-3)9-15(14)21-18/h7-10H,1-6H3,(H,20,21). The number of ether oxygens (including phenoxy) is 2. The molecule has 0 aliphatic heterocycles. The molecule has 2 heterocycles. The summed E-state index contributed by atoms with van der Waals surface area (Å²) in [6.45, 7) is 3.79. The molecule has 0 aliphatic rings. The van der Waals surface area contributed by atoms with Crippen LogP contribution in [-0.4, -0.2) is 45.9 Å². The molecule has 1 N–H and O–H groups in total. The molecule has 2 aromatic heterocycles. The third-order valence-electron chi connectivity index (χ3n) is 4.39. The van der Waals surface area contributed by atoms with E-state index in [2.05, 4.69) is 15.0 Å². The number of H-pyrrole nitrogens is 1. The van der Waals surface area contributed by atoms with Crippen LogP contribution in [0.25, 0.3) is 11.0 Å². The lowest BCUT2D eigenvalue weighted by Crippen LogP contribution is -2.33. The summed E-state index contributed by atoms with van der Waals surface area (Å²) in [6, 6.07) is 5.51. The first-order chi connectivity index (χ1) is 11.7. The summed E-state index contributed by atoms with van der Waals surface area (Å²) in [5.74, 6) is 1.41. The highest BCUT2D eigenvalue weighted by atomic mass is 32.3. The highest BCUT2D eigenvalue weighted by Gasteiger charge is 2.38. The first-order valence-electron chi connectivity index (χ1n) is 7.82. The van der Waals surface area contributed by atoms with Crippen LogP contribution in [-0.2, 0) is 9.07 Å². The van der Waals surface area contributed by atoms with E-state index >= 15 is 0 Å². The Morgan fingerprint density at radius 2 is 1.84 bits per heavy atom. The molecule has 0 amide bonds. The maximum absolute atomic E-state index is 14.1. The van der Waals surface area contributed by atoms with Crippen molar-refractivity contribution in [1.82, 2.24) is 15.0 Å². The quantitative estimate of drug-likeness (QED) is 0.773. The van der Waals surface area contributed by atoms with Gasteiger partial charge in [-0.3, -0.25) is 4.21 Å². The third-order valence-corrected chi connectivity index (χ3v) is 7.25. The van der Waals surface area contributed by atoms with Crippen molar-refractivity contribution in [2.24, 2.45) is 0 Å². The molecule has 6 nitrogen and oxygen atoms in total. The lowest BCUT2D eigenvalue weighted by atomic mass is 10.2. The average molecular weight is 361 g/mol. The van der Waals surface area contributed by atoms with Crippen LogP contribution in [0.1, 0.15) is 11.1 Å². The Kier molecular flexibility index (Phi) is 3.87. The van der Waals surface area contributed by atoms with Crippen molar-refractivity contribution in [2.45, 2.75) is 24.0 Å². The van der Waals surface area contributed by atoms with Crippen LogP contribution in [0.4, 0.5) is 0 Å². The normalized spacial score (nSPS) is 13.4. The van der Waals surface area contributed by atoms with Crippen molar-refractivity contribution in [3.05, 3.63) is 35.5 Å². The zero-order chi connectivity index (χ0) is 18.4. The van der Waals surface area contributed by atoms with Gasteiger partial charge >= 0.3 is 0 Å². The molecule has 0 fully saturated rings. The van der Waals surface area contributed by atoms with Gasteiger partial charge in [-0.25, -0.2) is 9.97 Å². The molecule has 0 unspecified atom stereocenters. The van der Waals surface area contributed by atoms with Crippen LogP contribution < -0.4 is 9.47 Å². The zero-order valence-corrected chi connectivity index (χ0v) is 16.2. The largest absolute Gasteiger partial charge is 0.497 e. The molecule has 0 bridgehead atoms. The van der Waals surface area contributed by atoms with Gasteiger partial charge in [-0.05, 0) is 35.0 Å². The molecule has 0 radical (unpaired) electrons. The van der Waals surface area contributed by atoms with Crippen LogP contribution in [0.15, 0.2) is 34.6 Å². The Balaban J connectivity index is 2.25. The minimum Gasteiger partial charge on any atom is -0.497 e. The fourth-order valence-electron chi connectivity index (χ4n) is 3.08. The van der Waals surface area contributed by atoms with Gasteiger partial charge in [0.1, 0.15) is 16.5 Å². The van der Waals surface area contributed by atoms with Crippen molar-refractivity contribution in [1.29, 1.82) is 0 Å². The predicted octanol–water partition coefficient (Wildman–Crippen LogP) is 3.09. The molecule has 0 spiro atoms. The van der Waals surface area contributed by atoms with Gasteiger partial charge in [-0.15, -0.1) is 0 Å². The highest BCUT2D eigenvalue weighted by molar-refractivity contribution is 8.18. The van der Waals surface area contributed by atoms with Gasteiger partial charge in [0.05, 0.1) is 25.3 Å². The number of fused-ring (bicyclic) bond motifs is 1. The van der Waals surface area contributed by atoms with Crippen molar-refractivity contribution < 1.29 is 13.7 Å². The van der Waals surface area contributed by atoms with E-state index in [9.17, 15) is 4.21 Å². The van der Waals surface area contributed by atoms with E-state index in [1.54, 1.807) is 32.9 Å². The van der Waals surface area contributed by atoms with Crippen molar-refractivity contribution >= 4 is 20.1 Å². The first-order valence-corrected chi connectivity index (χ1v) is 10.6. The van der Waals surface area contributed by atoms with Crippen molar-refractivity contribution in [3.63, 3.8) is 0 Å². The topological polar surface area (TPSA) is 77.1 Å². The molecule has 0 atom stereocenters. The maximum Gasteiger partial charge on any atom is 0.180 e. The van der Waals surface area contributed by atoms with Crippen LogP contribution in [0, 0.1) is 13.8 Å². The van der Waals surface area contributed by atoms with Crippen LogP contribution in [0.3, 0.4) is 0 Å². The van der Waals surface area contributed by atoms with Crippen LogP contribution in [0.2, 0.25) is 0 Å². The number of benzene rings is 1. The number of methoxy groups -OCH3 is 2. The summed E-state index contributed by atoms with van der Waals surface area (Å²) in [7, 11) is -0.314. The SMILES string of the molecule is COc1ccc2nc(S(C)(C)(=O)c3ncc(C)c(OC)c3C)[nH]c2c1. The molecule has 3 rings (SSSR count). The molecule has 0 aliphatic carbocycles. The second-order valence-electron chi connectivity index (χ2n) is 6.66. The van der Waals surface area contributed by atoms with Crippen molar-refractivity contribution in [2.75, 3.05) is 26.7 Å². The lowest BCUT2D eigenvalue weighted by Gasteiger charge is -2.32. The highest BCUT2D eigenvalue weighted by Crippen LogP contribution is 2.41. The maximum atomic E-state index is 14.1. The van der Waals surface area contributed by atoms with E-state index in [-0.39, 0.29) is 0 Å². The number of imidazole rings is 1. The van der Waals surface area contributed by atoms with E-state index in [4.69, 9.17) is 9.47 Å². The van der Waals surface area contributed by atoms with Crippen molar-refractivity contribution in [3.8, 4) is 11.5 Å². The van der Waals surface area contributed by atoms with Gasteiger partial charge in [-0.1, -0.05) is 0 Å². The average Bonchev–Trinajstić information content (AvgIpc) is 2.99. The second-order valence-corrected chi connectivity index (χ2v) is 11.1. The van der Waals surface area contributed by atoms with E-state index in [1.165, 1.54) is 0 Å². The predicted molar refractivity (Wildman–Crippen MR) is 99.4 cm³/mol. The number of aryl methyl sites for hydroxylation is 1. The van der Waals surface area contributed by atoms with E-state index in [0.29, 0.717) is 21.7 Å². The van der Waals surface area contributed by atoms with Gasteiger partial charge in [-0.2, -0.15) is 0 Å². The first kappa shape index (κ1) is 17.4. The minimum atomic E-state index is -3.53. The summed E-state index contributed by atoms with van der Waals surface area (Å²) in [5, 5.41) is 0.896. The number of aromatic nitrogens is 3. The number of hydrogen-bond donors (Lipinski definition) is 1. The van der Waals surface area contributed by atoms with E-state index < -0.39 is 9.07 Å². The molecule has 0 saturated heterocycles. The summed E-state index contributed by atoms with van der Waals surface area (Å²) in [4.78, 5) is 12.2. The summed E-state index contributed by atoms with van der Waals surface area (Å²) < 4.78 is 24.8. The number of rotatable bonds is 4. The minimum absolute atomic E-state index is 0.404. The molecular formula is C18H23N3O3S. The molecule has 0 saturated carbocycles. The van der Waals surface area contributed by atoms with Crippen LogP contribution >= 0.6 is 0 Å². The summed E-state index contributed by atoms with van der Waals surface area (Å²) in [5.41, 5.74) is 3.17. The molecule has 25 heavy (non-hydrogen) atoms. The van der Waals surface area contributed by atoms with E-state index in [0.717, 1.165) is 22.2 Å². The number of hydrogen-bond acceptors (Lipinski definition) is 5.